The standard InChI is InChI=1S/C14H20ClNO/c1-2-11-5-3-7-13(9-11)17-10-12-6-4-8-14(15)16-12/h4,6,8,11,13H,2-3,5,7,9-10H2,1H3. The lowest BCUT2D eigenvalue weighted by Gasteiger charge is -2.28. The van der Waals surface area contributed by atoms with Crippen LogP contribution in [0.15, 0.2) is 18.2 Å². The molecule has 0 bridgehead atoms. The molecule has 0 N–H and O–H groups in total. The topological polar surface area (TPSA) is 22.1 Å². The van der Waals surface area contributed by atoms with E-state index in [1.165, 1.54) is 32.1 Å². The van der Waals surface area contributed by atoms with Crippen molar-refractivity contribution in [1.29, 1.82) is 0 Å². The summed E-state index contributed by atoms with van der Waals surface area (Å²) in [5.74, 6) is 0.848. The van der Waals surface area contributed by atoms with E-state index in [1.54, 1.807) is 6.07 Å². The van der Waals surface area contributed by atoms with Crippen LogP contribution in [0, 0.1) is 5.92 Å². The van der Waals surface area contributed by atoms with Crippen LogP contribution in [0.2, 0.25) is 5.15 Å². The number of ether oxygens (including phenoxy) is 1. The number of aromatic nitrogens is 1. The first-order valence-corrected chi connectivity index (χ1v) is 6.88. The van der Waals surface area contributed by atoms with Gasteiger partial charge in [0.1, 0.15) is 5.15 Å². The predicted octanol–water partition coefficient (Wildman–Crippen LogP) is 4.22. The molecule has 0 aromatic carbocycles. The third-order valence-electron chi connectivity index (χ3n) is 3.55. The lowest BCUT2D eigenvalue weighted by Crippen LogP contribution is -2.22. The van der Waals surface area contributed by atoms with Gasteiger partial charge in [0.05, 0.1) is 18.4 Å². The van der Waals surface area contributed by atoms with Crippen LogP contribution in [0.25, 0.3) is 0 Å². The molecule has 0 radical (unpaired) electrons. The Kier molecular flexibility index (Phi) is 4.81. The molecule has 0 saturated heterocycles. The van der Waals surface area contributed by atoms with E-state index in [4.69, 9.17) is 16.3 Å². The highest BCUT2D eigenvalue weighted by atomic mass is 35.5. The molecule has 94 valence electrons. The molecular weight excluding hydrogens is 234 g/mol. The molecule has 1 aromatic heterocycles. The average molecular weight is 254 g/mol. The fraction of sp³-hybridized carbons (Fsp3) is 0.643. The Hall–Kier alpha value is -0.600. The average Bonchev–Trinajstić information content (AvgIpc) is 2.37. The molecule has 0 spiro atoms. The SMILES string of the molecule is CCC1CCCC(OCc2cccc(Cl)n2)C1. The molecule has 2 rings (SSSR count). The second-order valence-corrected chi connectivity index (χ2v) is 5.21. The molecule has 1 aliphatic carbocycles. The lowest BCUT2D eigenvalue weighted by atomic mass is 9.85. The Labute approximate surface area is 108 Å². The first kappa shape index (κ1) is 12.8. The van der Waals surface area contributed by atoms with Crippen LogP contribution in [0.4, 0.5) is 0 Å². The number of nitrogens with zero attached hydrogens (tertiary/aromatic N) is 1. The molecule has 2 unspecified atom stereocenters. The second-order valence-electron chi connectivity index (χ2n) is 4.83. The molecule has 1 fully saturated rings. The number of hydrogen-bond acceptors (Lipinski definition) is 2. The Balaban J connectivity index is 1.81. The number of halogens is 1. The molecule has 3 heteroatoms. The third kappa shape index (κ3) is 3.97. The molecule has 1 heterocycles. The van der Waals surface area contributed by atoms with Crippen molar-refractivity contribution in [1.82, 2.24) is 4.98 Å². The first-order chi connectivity index (χ1) is 8.28. The van der Waals surface area contributed by atoms with Gasteiger partial charge in [-0.1, -0.05) is 43.9 Å². The molecule has 2 nitrogen and oxygen atoms in total. The molecule has 17 heavy (non-hydrogen) atoms. The molecular formula is C14H20ClNO. The summed E-state index contributed by atoms with van der Waals surface area (Å²) in [6.07, 6.45) is 6.75. The van der Waals surface area contributed by atoms with Crippen molar-refractivity contribution in [3.05, 3.63) is 29.0 Å². The van der Waals surface area contributed by atoms with Crippen LogP contribution in [0.3, 0.4) is 0 Å². The number of pyridine rings is 1. The smallest absolute Gasteiger partial charge is 0.129 e. The van der Waals surface area contributed by atoms with Crippen molar-refractivity contribution >= 4 is 11.6 Å². The molecule has 1 aromatic rings. The van der Waals surface area contributed by atoms with Crippen molar-refractivity contribution in [2.75, 3.05) is 0 Å². The van der Waals surface area contributed by atoms with E-state index in [-0.39, 0.29) is 0 Å². The number of hydrogen-bond donors (Lipinski definition) is 0. The van der Waals surface area contributed by atoms with Gasteiger partial charge in [-0.25, -0.2) is 4.98 Å². The van der Waals surface area contributed by atoms with Crippen molar-refractivity contribution in [3.63, 3.8) is 0 Å². The largest absolute Gasteiger partial charge is 0.372 e. The Morgan fingerprint density at radius 2 is 2.29 bits per heavy atom. The van der Waals surface area contributed by atoms with E-state index < -0.39 is 0 Å². The highest BCUT2D eigenvalue weighted by molar-refractivity contribution is 6.29. The molecule has 0 amide bonds. The van der Waals surface area contributed by atoms with Crippen LogP contribution in [-0.2, 0) is 11.3 Å². The van der Waals surface area contributed by atoms with Gasteiger partial charge in [-0.3, -0.25) is 0 Å². The zero-order valence-electron chi connectivity index (χ0n) is 10.4. The minimum atomic E-state index is 0.412. The van der Waals surface area contributed by atoms with E-state index >= 15 is 0 Å². The fourth-order valence-corrected chi connectivity index (χ4v) is 2.68. The van der Waals surface area contributed by atoms with Gasteiger partial charge in [-0.2, -0.15) is 0 Å². The molecule has 0 aliphatic heterocycles. The lowest BCUT2D eigenvalue weighted by molar-refractivity contribution is 0.000356. The van der Waals surface area contributed by atoms with Gasteiger partial charge < -0.3 is 4.74 Å². The monoisotopic (exact) mass is 253 g/mol. The molecule has 2 atom stereocenters. The van der Waals surface area contributed by atoms with Gasteiger partial charge in [0.2, 0.25) is 0 Å². The van der Waals surface area contributed by atoms with Crippen molar-refractivity contribution in [3.8, 4) is 0 Å². The quantitative estimate of drug-likeness (QED) is 0.750. The second kappa shape index (κ2) is 6.36. The van der Waals surface area contributed by atoms with Gasteiger partial charge in [-0.15, -0.1) is 0 Å². The predicted molar refractivity (Wildman–Crippen MR) is 70.1 cm³/mol. The van der Waals surface area contributed by atoms with E-state index in [1.807, 2.05) is 12.1 Å². The zero-order chi connectivity index (χ0) is 12.1. The molecule has 1 saturated carbocycles. The summed E-state index contributed by atoms with van der Waals surface area (Å²) in [6, 6.07) is 5.68. The summed E-state index contributed by atoms with van der Waals surface area (Å²) in [5.41, 5.74) is 0.927. The van der Waals surface area contributed by atoms with E-state index in [9.17, 15) is 0 Å². The van der Waals surface area contributed by atoms with Gasteiger partial charge >= 0.3 is 0 Å². The minimum absolute atomic E-state index is 0.412. The summed E-state index contributed by atoms with van der Waals surface area (Å²) in [4.78, 5) is 4.24. The maximum Gasteiger partial charge on any atom is 0.129 e. The third-order valence-corrected chi connectivity index (χ3v) is 3.76. The van der Waals surface area contributed by atoms with Crippen molar-refractivity contribution in [2.24, 2.45) is 5.92 Å². The summed E-state index contributed by atoms with van der Waals surface area (Å²) >= 11 is 5.85. The number of rotatable bonds is 4. The Morgan fingerprint density at radius 1 is 1.41 bits per heavy atom. The maximum absolute atomic E-state index is 5.93. The van der Waals surface area contributed by atoms with Crippen LogP contribution in [0.5, 0.6) is 0 Å². The van der Waals surface area contributed by atoms with Crippen LogP contribution >= 0.6 is 11.6 Å². The summed E-state index contributed by atoms with van der Waals surface area (Å²) in [5, 5.41) is 0.543. The van der Waals surface area contributed by atoms with E-state index in [0.717, 1.165) is 11.6 Å². The van der Waals surface area contributed by atoms with Crippen LogP contribution in [-0.4, -0.2) is 11.1 Å². The zero-order valence-corrected chi connectivity index (χ0v) is 11.1. The normalized spacial score (nSPS) is 24.8. The van der Waals surface area contributed by atoms with Gasteiger partial charge in [0.15, 0.2) is 0 Å². The first-order valence-electron chi connectivity index (χ1n) is 6.51. The summed E-state index contributed by atoms with van der Waals surface area (Å²) < 4.78 is 5.93. The van der Waals surface area contributed by atoms with Crippen LogP contribution < -0.4 is 0 Å². The van der Waals surface area contributed by atoms with Gasteiger partial charge in [-0.05, 0) is 30.9 Å². The highest BCUT2D eigenvalue weighted by Crippen LogP contribution is 2.28. The van der Waals surface area contributed by atoms with Gasteiger partial charge in [0.25, 0.3) is 0 Å². The van der Waals surface area contributed by atoms with E-state index in [2.05, 4.69) is 11.9 Å². The van der Waals surface area contributed by atoms with Crippen LogP contribution in [0.1, 0.15) is 44.7 Å². The summed E-state index contributed by atoms with van der Waals surface area (Å²) in [6.45, 7) is 2.85. The highest BCUT2D eigenvalue weighted by Gasteiger charge is 2.21. The van der Waals surface area contributed by atoms with Crippen molar-refractivity contribution < 1.29 is 4.74 Å². The Bertz CT molecular complexity index is 356. The van der Waals surface area contributed by atoms with E-state index in [0.29, 0.717) is 17.9 Å². The summed E-state index contributed by atoms with van der Waals surface area (Å²) in [7, 11) is 0. The fourth-order valence-electron chi connectivity index (χ4n) is 2.50. The maximum atomic E-state index is 5.93. The van der Waals surface area contributed by atoms with Crippen molar-refractivity contribution in [2.45, 2.75) is 51.7 Å². The minimum Gasteiger partial charge on any atom is -0.372 e. The van der Waals surface area contributed by atoms with Gasteiger partial charge in [0, 0.05) is 0 Å². The molecule has 1 aliphatic rings. The Morgan fingerprint density at radius 3 is 3.06 bits per heavy atom.